The van der Waals surface area contributed by atoms with E-state index in [1.54, 1.807) is 22.3 Å². The van der Waals surface area contributed by atoms with Gasteiger partial charge in [-0.05, 0) is 0 Å². The van der Waals surface area contributed by atoms with E-state index in [0.29, 0.717) is 7.35 Å². The Balaban J connectivity index is 1.47. The summed E-state index contributed by atoms with van der Waals surface area (Å²) in [5.41, 5.74) is 15.2. The predicted octanol–water partition coefficient (Wildman–Crippen LogP) is 10.7. The fraction of sp³-hybridized carbons (Fsp3) is 0.243. The number of fused-ring (bicyclic) bond motifs is 6. The zero-order valence-corrected chi connectivity index (χ0v) is 26.6. The maximum atomic E-state index is 2.75. The van der Waals surface area contributed by atoms with Gasteiger partial charge in [0.05, 0.1) is 0 Å². The average Bonchev–Trinajstić information content (AvgIpc) is 3.55. The monoisotopic (exact) mass is 660 g/mol. The normalized spacial score (nSPS) is 24.1. The molecule has 0 spiro atoms. The van der Waals surface area contributed by atoms with Crippen LogP contribution in [0.3, 0.4) is 0 Å². The van der Waals surface area contributed by atoms with Gasteiger partial charge in [-0.1, -0.05) is 0 Å². The van der Waals surface area contributed by atoms with Gasteiger partial charge < -0.3 is 0 Å². The molecular formula is C37H36Hf. The molecule has 1 aliphatic heterocycles. The first-order valence-corrected chi connectivity index (χ1v) is 25.6. The van der Waals surface area contributed by atoms with Crippen molar-refractivity contribution in [2.45, 2.75) is 43.4 Å². The van der Waals surface area contributed by atoms with E-state index in [1.165, 1.54) is 46.2 Å². The number of rotatable bonds is 4. The average molecular weight is 659 g/mol. The number of allylic oxidation sites excluding steroid dienone is 2. The second-order valence-corrected chi connectivity index (χ2v) is 29.6. The van der Waals surface area contributed by atoms with E-state index in [2.05, 4.69) is 132 Å². The molecule has 0 N–H and O–H groups in total. The van der Waals surface area contributed by atoms with Crippen LogP contribution in [0.25, 0.3) is 34.4 Å². The quantitative estimate of drug-likeness (QED) is 0.191. The number of hydrogen-bond acceptors (Lipinski definition) is 0. The van der Waals surface area contributed by atoms with Gasteiger partial charge in [-0.25, -0.2) is 0 Å². The Morgan fingerprint density at radius 1 is 0.605 bits per heavy atom. The molecule has 4 aromatic carbocycles. The molecule has 2 aliphatic carbocycles. The summed E-state index contributed by atoms with van der Waals surface area (Å²) in [6.45, 7) is 4.95. The van der Waals surface area contributed by atoms with Crippen molar-refractivity contribution in [3.05, 3.63) is 130 Å². The van der Waals surface area contributed by atoms with Gasteiger partial charge in [0.1, 0.15) is 0 Å². The van der Waals surface area contributed by atoms with Gasteiger partial charge in [0, 0.05) is 0 Å². The molecule has 2 unspecified atom stereocenters. The summed E-state index contributed by atoms with van der Waals surface area (Å²) in [5.74, 6) is 0. The van der Waals surface area contributed by atoms with Crippen molar-refractivity contribution in [2.24, 2.45) is 5.41 Å². The van der Waals surface area contributed by atoms with Crippen LogP contribution in [0.4, 0.5) is 0 Å². The topological polar surface area (TPSA) is 0 Å². The van der Waals surface area contributed by atoms with E-state index >= 15 is 0 Å². The van der Waals surface area contributed by atoms with Crippen LogP contribution < -0.4 is 0 Å². The van der Waals surface area contributed by atoms with Crippen molar-refractivity contribution >= 4 is 12.2 Å². The number of hydrogen-bond donors (Lipinski definition) is 0. The molecule has 188 valence electrons. The molecule has 0 amide bonds. The molecular weight excluding hydrogens is 623 g/mol. The summed E-state index contributed by atoms with van der Waals surface area (Å²) in [4.78, 5) is 0. The van der Waals surface area contributed by atoms with Crippen LogP contribution in [0, 0.1) is 5.41 Å². The summed E-state index contributed by atoms with van der Waals surface area (Å²) in [6.07, 6.45) is 7.71. The third-order valence-electron chi connectivity index (χ3n) is 9.81. The fourth-order valence-electron chi connectivity index (χ4n) is 8.22. The van der Waals surface area contributed by atoms with Gasteiger partial charge >= 0.3 is 234 Å². The Hall–Kier alpha value is -2.77. The molecule has 0 aromatic heterocycles. The van der Waals surface area contributed by atoms with E-state index in [9.17, 15) is 0 Å². The van der Waals surface area contributed by atoms with Crippen molar-refractivity contribution in [1.82, 2.24) is 0 Å². The third-order valence-corrected chi connectivity index (χ3v) is 25.0. The van der Waals surface area contributed by atoms with Crippen LogP contribution in [-0.4, -0.2) is 0 Å². The molecule has 7 rings (SSSR count). The molecule has 4 aromatic rings. The molecule has 0 nitrogen and oxygen atoms in total. The zero-order valence-electron chi connectivity index (χ0n) is 23.0. The minimum atomic E-state index is -3.01. The Morgan fingerprint density at radius 3 is 1.47 bits per heavy atom. The van der Waals surface area contributed by atoms with Crippen molar-refractivity contribution in [2.75, 3.05) is 0 Å². The Labute approximate surface area is 232 Å². The van der Waals surface area contributed by atoms with Crippen LogP contribution in [0.2, 0.25) is 9.36 Å². The van der Waals surface area contributed by atoms with Gasteiger partial charge in [-0.15, -0.1) is 0 Å². The van der Waals surface area contributed by atoms with Crippen molar-refractivity contribution in [3.8, 4) is 22.3 Å². The Morgan fingerprint density at radius 2 is 1.05 bits per heavy atom. The summed E-state index contributed by atoms with van der Waals surface area (Å²) in [5, 5.41) is 0. The molecule has 0 bridgehead atoms. The standard InChI is InChI=1S/C35H30.2CH3.Hf/c1-3-20-35(2,29-21-27-16-10-18-31(33(27)23-29)25-12-6-4-7-13-25)30-22-28-17-11-19-32(34(28)24-30)26-14-8-5-9-15-26;;;/h4-19,21-24H,3,20H2,1-2H3;2*1H3;. The zero-order chi connectivity index (χ0) is 26.1. The van der Waals surface area contributed by atoms with Crippen LogP contribution in [-0.2, 0) is 20.0 Å². The Kier molecular flexibility index (Phi) is 5.68. The van der Waals surface area contributed by atoms with Crippen LogP contribution in [0.1, 0.15) is 56.3 Å². The van der Waals surface area contributed by atoms with E-state index in [4.69, 9.17) is 0 Å². The summed E-state index contributed by atoms with van der Waals surface area (Å²) in [6, 6.07) is 36.3. The first-order valence-electron chi connectivity index (χ1n) is 14.3. The predicted molar refractivity (Wildman–Crippen MR) is 160 cm³/mol. The van der Waals surface area contributed by atoms with Crippen LogP contribution in [0.15, 0.2) is 108 Å². The second kappa shape index (κ2) is 8.88. The van der Waals surface area contributed by atoms with Crippen molar-refractivity contribution < 1.29 is 20.0 Å². The van der Waals surface area contributed by atoms with Crippen LogP contribution >= 0.6 is 0 Å². The first-order chi connectivity index (χ1) is 18.4. The molecule has 3 aliphatic rings. The molecule has 1 heteroatoms. The minimum absolute atomic E-state index is 0.0968. The fourth-order valence-corrected chi connectivity index (χ4v) is 25.6. The molecule has 1 heterocycles. The van der Waals surface area contributed by atoms with Gasteiger partial charge in [-0.2, -0.15) is 0 Å². The van der Waals surface area contributed by atoms with E-state index in [-0.39, 0.29) is 5.41 Å². The van der Waals surface area contributed by atoms with Gasteiger partial charge in [-0.3, -0.25) is 0 Å². The first kappa shape index (κ1) is 24.3. The number of benzene rings is 4. The molecule has 0 saturated carbocycles. The second-order valence-electron chi connectivity index (χ2n) is 12.3. The molecule has 1 fully saturated rings. The molecule has 2 atom stereocenters. The SMILES string of the molecule is CCCC1(C)C2=Cc3c(-c4ccccc4)cccc3[CH]2[Hf]([CH3])([CH3])[CH]2C1=Cc1c(-c3ccccc3)cccc12. The van der Waals surface area contributed by atoms with Crippen LogP contribution in [0.5, 0.6) is 0 Å². The van der Waals surface area contributed by atoms with Crippen molar-refractivity contribution in [1.29, 1.82) is 0 Å². The molecule has 38 heavy (non-hydrogen) atoms. The van der Waals surface area contributed by atoms with E-state index in [0.717, 1.165) is 0 Å². The van der Waals surface area contributed by atoms with E-state index in [1.807, 2.05) is 0 Å². The van der Waals surface area contributed by atoms with Gasteiger partial charge in [0.2, 0.25) is 0 Å². The Bertz CT molecular complexity index is 1490. The third kappa shape index (κ3) is 3.37. The van der Waals surface area contributed by atoms with E-state index < -0.39 is 20.0 Å². The van der Waals surface area contributed by atoms with Gasteiger partial charge in [0.15, 0.2) is 0 Å². The maximum absolute atomic E-state index is 3.01. The summed E-state index contributed by atoms with van der Waals surface area (Å²) in [7, 11) is 0. The summed E-state index contributed by atoms with van der Waals surface area (Å²) < 4.78 is 6.77. The molecule has 1 saturated heterocycles. The van der Waals surface area contributed by atoms with Gasteiger partial charge in [0.25, 0.3) is 0 Å². The summed E-state index contributed by atoms with van der Waals surface area (Å²) >= 11 is -3.01. The molecule has 0 radical (unpaired) electrons. The van der Waals surface area contributed by atoms with Crippen molar-refractivity contribution in [3.63, 3.8) is 0 Å².